The van der Waals surface area contributed by atoms with Gasteiger partial charge in [0.1, 0.15) is 0 Å². The third kappa shape index (κ3) is 3.39. The minimum absolute atomic E-state index is 0.661. The molecule has 0 saturated carbocycles. The van der Waals surface area contributed by atoms with Crippen LogP contribution in [0.3, 0.4) is 0 Å². The van der Waals surface area contributed by atoms with Gasteiger partial charge in [-0.3, -0.25) is 9.13 Å². The van der Waals surface area contributed by atoms with Crippen molar-refractivity contribution in [2.45, 2.75) is 0 Å². The molecule has 1 heterocycles. The number of nitrogens with zero attached hydrogens (tertiary/aromatic N) is 2. The lowest BCUT2D eigenvalue weighted by Crippen LogP contribution is -1.91. The molecular formula is C5H8N2O6P2. The Balaban J connectivity index is 3.26. The maximum absolute atomic E-state index is 10.8. The van der Waals surface area contributed by atoms with Crippen LogP contribution >= 0.6 is 15.2 Å². The topological polar surface area (TPSA) is 133 Å². The standard InChI is InChI=1S/C5H8N2O6P2/c8-14(9,10)5(15(11,12)13)3-7-2-1-6-4-7/h1-4H,(H2,8,9,10)(H2,11,12,13). The van der Waals surface area contributed by atoms with Crippen LogP contribution in [0.1, 0.15) is 0 Å². The molecule has 1 aromatic rings. The van der Waals surface area contributed by atoms with Crippen LogP contribution in [0.15, 0.2) is 23.8 Å². The summed E-state index contributed by atoms with van der Waals surface area (Å²) in [6, 6.07) is 0. The van der Waals surface area contributed by atoms with Crippen molar-refractivity contribution in [2.75, 3.05) is 0 Å². The SMILES string of the molecule is O=P(O)(O)C(=Cn1ccnc1)P(=O)(O)O. The van der Waals surface area contributed by atoms with Gasteiger partial charge in [-0.15, -0.1) is 0 Å². The zero-order valence-electron chi connectivity index (χ0n) is 7.20. The van der Waals surface area contributed by atoms with Gasteiger partial charge in [-0.2, -0.15) is 0 Å². The molecule has 4 N–H and O–H groups in total. The van der Waals surface area contributed by atoms with Crippen LogP contribution in [0.2, 0.25) is 0 Å². The fraction of sp³-hybridized carbons (Fsp3) is 0. The average molecular weight is 254 g/mol. The van der Waals surface area contributed by atoms with Gasteiger partial charge in [-0.1, -0.05) is 0 Å². The van der Waals surface area contributed by atoms with Gasteiger partial charge >= 0.3 is 15.2 Å². The third-order valence-corrected chi connectivity index (χ3v) is 4.37. The van der Waals surface area contributed by atoms with Crippen LogP contribution in [0.25, 0.3) is 6.20 Å². The lowest BCUT2D eigenvalue weighted by atomic mass is 10.8. The van der Waals surface area contributed by atoms with E-state index in [-0.39, 0.29) is 0 Å². The molecule has 0 aliphatic heterocycles. The van der Waals surface area contributed by atoms with E-state index in [9.17, 15) is 9.13 Å². The van der Waals surface area contributed by atoms with Crippen molar-refractivity contribution in [1.82, 2.24) is 9.55 Å². The zero-order valence-corrected chi connectivity index (χ0v) is 8.99. The second kappa shape index (κ2) is 4.02. The lowest BCUT2D eigenvalue weighted by molar-refractivity contribution is 0.368. The summed E-state index contributed by atoms with van der Waals surface area (Å²) in [5.74, 6) is 0. The quantitative estimate of drug-likeness (QED) is 0.557. The molecule has 10 heteroatoms. The van der Waals surface area contributed by atoms with Crippen molar-refractivity contribution in [2.24, 2.45) is 0 Å². The largest absolute Gasteiger partial charge is 0.365 e. The van der Waals surface area contributed by atoms with Crippen molar-refractivity contribution in [3.63, 3.8) is 0 Å². The molecule has 8 nitrogen and oxygen atoms in total. The Morgan fingerprint density at radius 1 is 1.20 bits per heavy atom. The molecule has 0 saturated heterocycles. The molecule has 0 aliphatic rings. The fourth-order valence-electron chi connectivity index (χ4n) is 0.799. The molecule has 0 amide bonds. The van der Waals surface area contributed by atoms with Crippen LogP contribution in [0.5, 0.6) is 0 Å². The van der Waals surface area contributed by atoms with Crippen molar-refractivity contribution in [1.29, 1.82) is 0 Å². The Bertz CT molecular complexity index is 430. The number of aromatic nitrogens is 2. The molecule has 0 aliphatic carbocycles. The van der Waals surface area contributed by atoms with Crippen LogP contribution in [0, 0.1) is 0 Å². The number of rotatable bonds is 3. The Morgan fingerprint density at radius 2 is 1.73 bits per heavy atom. The monoisotopic (exact) mass is 254 g/mol. The Hall–Kier alpha value is -0.750. The summed E-state index contributed by atoms with van der Waals surface area (Å²) in [4.78, 5) is 38.5. The van der Waals surface area contributed by atoms with Gasteiger partial charge in [0.15, 0.2) is 5.06 Å². The Morgan fingerprint density at radius 3 is 2.07 bits per heavy atom. The minimum Gasteiger partial charge on any atom is -0.321 e. The first-order chi connectivity index (χ1) is 6.71. The summed E-state index contributed by atoms with van der Waals surface area (Å²) in [5.41, 5.74) is 0. The molecule has 0 bridgehead atoms. The van der Waals surface area contributed by atoms with Crippen molar-refractivity contribution < 1.29 is 28.7 Å². The van der Waals surface area contributed by atoms with Crippen LogP contribution < -0.4 is 0 Å². The number of hydrogen-bond acceptors (Lipinski definition) is 3. The van der Waals surface area contributed by atoms with E-state index in [0.717, 1.165) is 10.9 Å². The van der Waals surface area contributed by atoms with Crippen molar-refractivity contribution in [3.05, 3.63) is 23.8 Å². The van der Waals surface area contributed by atoms with Crippen molar-refractivity contribution >= 4 is 21.4 Å². The van der Waals surface area contributed by atoms with E-state index in [2.05, 4.69) is 4.98 Å². The first kappa shape index (κ1) is 12.3. The highest BCUT2D eigenvalue weighted by atomic mass is 31.2. The predicted molar refractivity (Wildman–Crippen MR) is 50.6 cm³/mol. The Kier molecular flexibility index (Phi) is 3.30. The molecule has 0 fully saturated rings. The zero-order chi connectivity index (χ0) is 11.7. The highest BCUT2D eigenvalue weighted by Gasteiger charge is 2.36. The minimum atomic E-state index is -4.99. The highest BCUT2D eigenvalue weighted by molar-refractivity contribution is 7.77. The van der Waals surface area contributed by atoms with E-state index >= 15 is 0 Å². The van der Waals surface area contributed by atoms with Crippen LogP contribution in [-0.4, -0.2) is 29.1 Å². The van der Waals surface area contributed by atoms with Gasteiger partial charge in [0, 0.05) is 18.6 Å². The summed E-state index contributed by atoms with van der Waals surface area (Å²) >= 11 is 0. The normalized spacial score (nSPS) is 12.5. The number of imidazole rings is 1. The van der Waals surface area contributed by atoms with Crippen LogP contribution in [0.4, 0.5) is 0 Å². The molecule has 1 rings (SSSR count). The smallest absolute Gasteiger partial charge is 0.321 e. The third-order valence-electron chi connectivity index (χ3n) is 1.39. The van der Waals surface area contributed by atoms with E-state index in [1.165, 1.54) is 12.4 Å². The lowest BCUT2D eigenvalue weighted by Gasteiger charge is -2.10. The molecule has 0 atom stereocenters. The van der Waals surface area contributed by atoms with Gasteiger partial charge in [0.05, 0.1) is 6.33 Å². The van der Waals surface area contributed by atoms with E-state index in [4.69, 9.17) is 19.6 Å². The summed E-state index contributed by atoms with van der Waals surface area (Å²) in [7, 11) is -9.98. The van der Waals surface area contributed by atoms with Crippen molar-refractivity contribution in [3.8, 4) is 0 Å². The fourth-order valence-corrected chi connectivity index (χ4v) is 2.72. The van der Waals surface area contributed by atoms with Crippen LogP contribution in [-0.2, 0) is 9.13 Å². The molecule has 15 heavy (non-hydrogen) atoms. The predicted octanol–water partition coefficient (Wildman–Crippen LogP) is -0.00560. The van der Waals surface area contributed by atoms with E-state index in [0.29, 0.717) is 6.20 Å². The first-order valence-corrected chi connectivity index (χ1v) is 6.75. The second-order valence-corrected chi connectivity index (χ2v) is 6.08. The molecular weight excluding hydrogens is 246 g/mol. The average Bonchev–Trinajstić information content (AvgIpc) is 2.46. The molecule has 84 valence electrons. The summed E-state index contributed by atoms with van der Waals surface area (Å²) in [6.07, 6.45) is 4.39. The molecule has 0 radical (unpaired) electrons. The maximum atomic E-state index is 10.8. The van der Waals surface area contributed by atoms with Gasteiger partial charge < -0.3 is 24.1 Å². The Labute approximate surface area is 84.2 Å². The highest BCUT2D eigenvalue weighted by Crippen LogP contribution is 2.64. The summed E-state index contributed by atoms with van der Waals surface area (Å²) < 4.78 is 22.6. The molecule has 0 aromatic carbocycles. The first-order valence-electron chi connectivity index (χ1n) is 3.53. The maximum Gasteiger partial charge on any atom is 0.365 e. The molecule has 1 aromatic heterocycles. The molecule has 0 unspecified atom stereocenters. The van der Waals surface area contributed by atoms with Gasteiger partial charge in [0.25, 0.3) is 0 Å². The van der Waals surface area contributed by atoms with Gasteiger partial charge in [-0.05, 0) is 0 Å². The second-order valence-electron chi connectivity index (χ2n) is 2.59. The molecule has 0 spiro atoms. The van der Waals surface area contributed by atoms with E-state index < -0.39 is 20.2 Å². The van der Waals surface area contributed by atoms with E-state index in [1.807, 2.05) is 0 Å². The number of hydrogen-bond donors (Lipinski definition) is 4. The summed E-state index contributed by atoms with van der Waals surface area (Å²) in [6.45, 7) is 0. The summed E-state index contributed by atoms with van der Waals surface area (Å²) in [5, 5.41) is -1.24. The van der Waals surface area contributed by atoms with E-state index in [1.54, 1.807) is 0 Å². The van der Waals surface area contributed by atoms with Gasteiger partial charge in [-0.25, -0.2) is 4.98 Å². The van der Waals surface area contributed by atoms with Gasteiger partial charge in [0.2, 0.25) is 0 Å².